The van der Waals surface area contributed by atoms with Crippen LogP contribution in [0, 0.1) is 0 Å². The largest absolute Gasteiger partial charge is 0.493 e. The molecule has 7 heteroatoms. The molecule has 0 spiro atoms. The van der Waals surface area contributed by atoms with E-state index in [9.17, 15) is 0 Å². The fourth-order valence-electron chi connectivity index (χ4n) is 3.07. The first-order valence-corrected chi connectivity index (χ1v) is 9.12. The Morgan fingerprint density at radius 2 is 1.77 bits per heavy atom. The highest BCUT2D eigenvalue weighted by Gasteiger charge is 2.19. The summed E-state index contributed by atoms with van der Waals surface area (Å²) in [6.45, 7) is 7.04. The average Bonchev–Trinajstić information content (AvgIpc) is 2.65. The molecular weight excluding hydrogens is 443 g/mol. The number of guanidine groups is 1. The molecule has 2 rings (SSSR count). The summed E-state index contributed by atoms with van der Waals surface area (Å²) in [7, 11) is 5.19. The van der Waals surface area contributed by atoms with Crippen LogP contribution in [0.5, 0.6) is 11.5 Å². The number of halogens is 1. The van der Waals surface area contributed by atoms with Crippen molar-refractivity contribution in [1.29, 1.82) is 0 Å². The molecule has 6 nitrogen and oxygen atoms in total. The van der Waals surface area contributed by atoms with Crippen LogP contribution in [0.3, 0.4) is 0 Å². The molecule has 1 heterocycles. The van der Waals surface area contributed by atoms with E-state index in [1.54, 1.807) is 14.2 Å². The number of benzene rings is 1. The van der Waals surface area contributed by atoms with Crippen LogP contribution in [-0.4, -0.2) is 58.3 Å². The molecule has 148 valence electrons. The summed E-state index contributed by atoms with van der Waals surface area (Å²) >= 11 is 0. The van der Waals surface area contributed by atoms with Crippen LogP contribution in [0.1, 0.15) is 30.9 Å². The lowest BCUT2D eigenvalue weighted by molar-refractivity contribution is 0.256. The molecule has 0 saturated carbocycles. The zero-order valence-corrected chi connectivity index (χ0v) is 18.8. The monoisotopic (exact) mass is 476 g/mol. The molecule has 0 atom stereocenters. The molecular formula is C19H33IN4O2. The van der Waals surface area contributed by atoms with Crippen molar-refractivity contribution >= 4 is 29.9 Å². The molecule has 0 amide bonds. The van der Waals surface area contributed by atoms with E-state index in [0.29, 0.717) is 0 Å². The van der Waals surface area contributed by atoms with E-state index in [2.05, 4.69) is 39.6 Å². The summed E-state index contributed by atoms with van der Waals surface area (Å²) in [4.78, 5) is 6.72. The first kappa shape index (κ1) is 22.8. The van der Waals surface area contributed by atoms with Crippen molar-refractivity contribution < 1.29 is 9.47 Å². The number of nitrogens with one attached hydrogen (secondary N) is 2. The maximum absolute atomic E-state index is 5.43. The fourth-order valence-corrected chi connectivity index (χ4v) is 3.07. The van der Waals surface area contributed by atoms with Gasteiger partial charge in [-0.05, 0) is 36.1 Å². The van der Waals surface area contributed by atoms with Crippen molar-refractivity contribution in [1.82, 2.24) is 15.5 Å². The molecule has 1 aliphatic heterocycles. The van der Waals surface area contributed by atoms with Crippen molar-refractivity contribution in [2.24, 2.45) is 4.99 Å². The summed E-state index contributed by atoms with van der Waals surface area (Å²) in [5.74, 6) is 2.51. The predicted octanol–water partition coefficient (Wildman–Crippen LogP) is 2.65. The highest BCUT2D eigenvalue weighted by molar-refractivity contribution is 14.0. The quantitative estimate of drug-likeness (QED) is 0.262. The van der Waals surface area contributed by atoms with Crippen molar-refractivity contribution in [3.05, 3.63) is 23.3 Å². The minimum Gasteiger partial charge on any atom is -0.493 e. The van der Waals surface area contributed by atoms with Gasteiger partial charge in [-0.1, -0.05) is 13.3 Å². The standard InChI is InChI=1S/C19H32N4O2.HI/c1-5-6-8-21-19(20-2)22-9-11-23-10-7-15-12-17(24-3)18(25-4)13-16(15)14-23;/h12-13H,5-11,14H2,1-4H3,(H2,20,21,22);1H. The number of hydrogen-bond donors (Lipinski definition) is 2. The molecule has 1 aromatic carbocycles. The van der Waals surface area contributed by atoms with E-state index in [0.717, 1.165) is 63.0 Å². The van der Waals surface area contributed by atoms with E-state index in [-0.39, 0.29) is 24.0 Å². The van der Waals surface area contributed by atoms with Crippen LogP contribution in [-0.2, 0) is 13.0 Å². The molecule has 1 aromatic rings. The number of aliphatic imine (C=N–C) groups is 1. The summed E-state index contributed by atoms with van der Waals surface area (Å²) in [5, 5.41) is 6.73. The minimum absolute atomic E-state index is 0. The van der Waals surface area contributed by atoms with Gasteiger partial charge in [-0.2, -0.15) is 0 Å². The molecule has 0 radical (unpaired) electrons. The van der Waals surface area contributed by atoms with Gasteiger partial charge in [0.25, 0.3) is 0 Å². The SMILES string of the molecule is CCCCNC(=NC)NCCN1CCc2cc(OC)c(OC)cc2C1.I. The predicted molar refractivity (Wildman–Crippen MR) is 118 cm³/mol. The van der Waals surface area contributed by atoms with E-state index in [4.69, 9.17) is 9.47 Å². The van der Waals surface area contributed by atoms with Gasteiger partial charge in [0.1, 0.15) is 0 Å². The smallest absolute Gasteiger partial charge is 0.191 e. The Bertz CT molecular complexity index is 581. The zero-order valence-electron chi connectivity index (χ0n) is 16.4. The second kappa shape index (κ2) is 12.2. The maximum Gasteiger partial charge on any atom is 0.191 e. The number of ether oxygens (including phenoxy) is 2. The Kier molecular flexibility index (Phi) is 10.7. The van der Waals surface area contributed by atoms with Gasteiger partial charge in [-0.3, -0.25) is 9.89 Å². The molecule has 2 N–H and O–H groups in total. The van der Waals surface area contributed by atoms with Gasteiger partial charge in [-0.15, -0.1) is 24.0 Å². The Morgan fingerprint density at radius 3 is 2.38 bits per heavy atom. The number of nitrogens with zero attached hydrogens (tertiary/aromatic N) is 2. The third-order valence-electron chi connectivity index (χ3n) is 4.56. The van der Waals surface area contributed by atoms with Crippen LogP contribution < -0.4 is 20.1 Å². The van der Waals surface area contributed by atoms with Crippen LogP contribution >= 0.6 is 24.0 Å². The lowest BCUT2D eigenvalue weighted by Crippen LogP contribution is -2.42. The van der Waals surface area contributed by atoms with Gasteiger partial charge >= 0.3 is 0 Å². The van der Waals surface area contributed by atoms with Gasteiger partial charge in [0.05, 0.1) is 14.2 Å². The molecule has 0 fully saturated rings. The molecule has 0 aliphatic carbocycles. The van der Waals surface area contributed by atoms with Gasteiger partial charge in [0, 0.05) is 39.8 Å². The van der Waals surface area contributed by atoms with E-state index in [1.165, 1.54) is 17.5 Å². The first-order valence-electron chi connectivity index (χ1n) is 9.12. The van der Waals surface area contributed by atoms with E-state index in [1.807, 2.05) is 7.05 Å². The minimum atomic E-state index is 0. The van der Waals surface area contributed by atoms with E-state index >= 15 is 0 Å². The van der Waals surface area contributed by atoms with Crippen molar-refractivity contribution in [2.75, 3.05) is 47.4 Å². The Morgan fingerprint density at radius 1 is 1.12 bits per heavy atom. The van der Waals surface area contributed by atoms with Crippen LogP contribution in [0.15, 0.2) is 17.1 Å². The third kappa shape index (κ3) is 6.50. The number of unbranched alkanes of at least 4 members (excludes halogenated alkanes) is 1. The third-order valence-corrected chi connectivity index (χ3v) is 4.56. The van der Waals surface area contributed by atoms with E-state index < -0.39 is 0 Å². The topological polar surface area (TPSA) is 58.1 Å². The number of rotatable bonds is 8. The van der Waals surface area contributed by atoms with Crippen molar-refractivity contribution in [3.8, 4) is 11.5 Å². The molecule has 26 heavy (non-hydrogen) atoms. The highest BCUT2D eigenvalue weighted by Crippen LogP contribution is 2.33. The summed E-state index contributed by atoms with van der Waals surface area (Å²) in [6, 6.07) is 4.22. The number of hydrogen-bond acceptors (Lipinski definition) is 4. The molecule has 0 saturated heterocycles. The molecule has 0 aromatic heterocycles. The normalized spacial score (nSPS) is 14.2. The lowest BCUT2D eigenvalue weighted by atomic mass is 9.99. The first-order chi connectivity index (χ1) is 12.2. The van der Waals surface area contributed by atoms with Crippen LogP contribution in [0.25, 0.3) is 0 Å². The molecule has 1 aliphatic rings. The van der Waals surface area contributed by atoms with Crippen LogP contribution in [0.4, 0.5) is 0 Å². The second-order valence-corrected chi connectivity index (χ2v) is 6.28. The maximum atomic E-state index is 5.43. The highest BCUT2D eigenvalue weighted by atomic mass is 127. The second-order valence-electron chi connectivity index (χ2n) is 6.28. The molecule has 0 unspecified atom stereocenters. The zero-order chi connectivity index (χ0) is 18.1. The lowest BCUT2D eigenvalue weighted by Gasteiger charge is -2.29. The summed E-state index contributed by atoms with van der Waals surface area (Å²) < 4.78 is 10.8. The van der Waals surface area contributed by atoms with Gasteiger partial charge in [-0.25, -0.2) is 0 Å². The summed E-state index contributed by atoms with van der Waals surface area (Å²) in [5.41, 5.74) is 2.69. The Hall–Kier alpha value is -1.22. The van der Waals surface area contributed by atoms with Crippen LogP contribution in [0.2, 0.25) is 0 Å². The van der Waals surface area contributed by atoms with Gasteiger partial charge < -0.3 is 20.1 Å². The number of fused-ring (bicyclic) bond motifs is 1. The van der Waals surface area contributed by atoms with Crippen molar-refractivity contribution in [3.63, 3.8) is 0 Å². The fraction of sp³-hybridized carbons (Fsp3) is 0.632. The van der Waals surface area contributed by atoms with Crippen molar-refractivity contribution in [2.45, 2.75) is 32.7 Å². The van der Waals surface area contributed by atoms with Gasteiger partial charge in [0.2, 0.25) is 0 Å². The summed E-state index contributed by atoms with van der Waals surface area (Å²) in [6.07, 6.45) is 3.39. The van der Waals surface area contributed by atoms with Gasteiger partial charge in [0.15, 0.2) is 17.5 Å². The number of methoxy groups -OCH3 is 2. The Balaban J connectivity index is 0.00000338. The molecule has 0 bridgehead atoms. The average molecular weight is 476 g/mol. The Labute approximate surface area is 174 Å².